The number of hydrogen-bond donors (Lipinski definition) is 0. The molecule has 0 unspecified atom stereocenters. The molecule has 35 heavy (non-hydrogen) atoms. The molecular weight excluding hydrogens is 463 g/mol. The monoisotopic (exact) mass is 498 g/mol. The molecule has 2 aromatic rings. The Hall–Kier alpha value is -2.15. The molecule has 0 radical (unpaired) electrons. The van der Waals surface area contributed by atoms with E-state index in [1.807, 2.05) is 0 Å². The predicted molar refractivity (Wildman–Crippen MR) is 127 cm³/mol. The molecule has 194 valence electrons. The van der Waals surface area contributed by atoms with E-state index < -0.39 is 12.5 Å². The zero-order chi connectivity index (χ0) is 25.3. The van der Waals surface area contributed by atoms with Crippen LogP contribution < -0.4 is 4.74 Å². The third-order valence-electron chi connectivity index (χ3n) is 6.86. The molecule has 1 fully saturated rings. The van der Waals surface area contributed by atoms with E-state index in [-0.39, 0.29) is 24.3 Å². The average molecular weight is 499 g/mol. The summed E-state index contributed by atoms with van der Waals surface area (Å²) in [5.74, 6) is 0.872. The molecule has 2 nitrogen and oxygen atoms in total. The predicted octanol–water partition coefficient (Wildman–Crippen LogP) is 9.14. The summed E-state index contributed by atoms with van der Waals surface area (Å²) in [6.45, 7) is 1.96. The topological polar surface area (TPSA) is 18.5 Å². The third-order valence-corrected chi connectivity index (χ3v) is 6.86. The lowest BCUT2D eigenvalue weighted by Gasteiger charge is -2.29. The molecule has 0 N–H and O–H groups in total. The molecule has 3 rings (SSSR count). The Kier molecular flexibility index (Phi) is 9.96. The number of rotatable bonds is 12. The van der Waals surface area contributed by atoms with Gasteiger partial charge in [0.2, 0.25) is 0 Å². The van der Waals surface area contributed by atoms with Crippen LogP contribution in [0.25, 0.3) is 0 Å². The number of hydrogen-bond acceptors (Lipinski definition) is 2. The van der Waals surface area contributed by atoms with Gasteiger partial charge < -0.3 is 9.47 Å². The fourth-order valence-corrected chi connectivity index (χ4v) is 4.83. The maximum atomic E-state index is 14.5. The summed E-state index contributed by atoms with van der Waals surface area (Å²) in [6, 6.07) is 11.6. The molecule has 0 amide bonds. The Bertz CT molecular complexity index is 870. The molecule has 1 aliphatic rings. The van der Waals surface area contributed by atoms with E-state index in [1.165, 1.54) is 69.2 Å². The second-order valence-corrected chi connectivity index (χ2v) is 9.50. The zero-order valence-electron chi connectivity index (χ0n) is 20.3. The highest BCUT2D eigenvalue weighted by molar-refractivity contribution is 5.28. The van der Waals surface area contributed by atoms with Crippen molar-refractivity contribution < 1.29 is 31.4 Å². The van der Waals surface area contributed by atoms with Gasteiger partial charge in [0.1, 0.15) is 5.75 Å². The minimum Gasteiger partial charge on any atom is -0.406 e. The van der Waals surface area contributed by atoms with Crippen LogP contribution in [0.3, 0.4) is 0 Å². The lowest BCUT2D eigenvalue weighted by atomic mass is 9.77. The fraction of sp³-hybridized carbons (Fsp3) is 0.571. The molecule has 0 saturated heterocycles. The van der Waals surface area contributed by atoms with Gasteiger partial charge in [-0.15, -0.1) is 13.2 Å². The van der Waals surface area contributed by atoms with Crippen molar-refractivity contribution in [3.8, 4) is 5.75 Å². The quantitative estimate of drug-likeness (QED) is 0.215. The first-order valence-corrected chi connectivity index (χ1v) is 12.6. The van der Waals surface area contributed by atoms with Crippen LogP contribution in [-0.2, 0) is 17.3 Å². The van der Waals surface area contributed by atoms with Crippen molar-refractivity contribution in [3.63, 3.8) is 0 Å². The highest BCUT2D eigenvalue weighted by Gasteiger charge is 2.33. The van der Waals surface area contributed by atoms with Crippen LogP contribution >= 0.6 is 0 Å². The molecule has 0 aromatic heterocycles. The molecule has 0 atom stereocenters. The molecule has 0 bridgehead atoms. The van der Waals surface area contributed by atoms with Crippen LogP contribution in [0, 0.1) is 5.92 Å². The molecular formula is C28H35F5O2. The maximum absolute atomic E-state index is 14.5. The number of ether oxygens (including phenoxy) is 2. The van der Waals surface area contributed by atoms with E-state index in [9.17, 15) is 22.0 Å². The van der Waals surface area contributed by atoms with Gasteiger partial charge in [0.15, 0.2) is 0 Å². The van der Waals surface area contributed by atoms with E-state index in [2.05, 4.69) is 11.7 Å². The number of alkyl halides is 5. The van der Waals surface area contributed by atoms with Crippen molar-refractivity contribution >= 4 is 0 Å². The van der Waals surface area contributed by atoms with Crippen LogP contribution in [0.5, 0.6) is 5.75 Å². The van der Waals surface area contributed by atoms with Crippen LogP contribution in [0.4, 0.5) is 22.0 Å². The van der Waals surface area contributed by atoms with Gasteiger partial charge in [-0.2, -0.15) is 8.78 Å². The first-order valence-electron chi connectivity index (χ1n) is 12.6. The van der Waals surface area contributed by atoms with Gasteiger partial charge in [-0.3, -0.25) is 0 Å². The van der Waals surface area contributed by atoms with Crippen molar-refractivity contribution in [2.75, 3.05) is 6.61 Å². The number of halogens is 5. The summed E-state index contributed by atoms with van der Waals surface area (Å²) in [5, 5.41) is 0. The van der Waals surface area contributed by atoms with Crippen molar-refractivity contribution in [3.05, 3.63) is 65.2 Å². The first-order chi connectivity index (χ1) is 16.7. The lowest BCUT2D eigenvalue weighted by molar-refractivity contribution is -0.274. The molecule has 1 saturated carbocycles. The van der Waals surface area contributed by atoms with E-state index >= 15 is 0 Å². The molecule has 1 aliphatic carbocycles. The second-order valence-electron chi connectivity index (χ2n) is 9.50. The van der Waals surface area contributed by atoms with Crippen molar-refractivity contribution in [2.24, 2.45) is 5.92 Å². The Morgan fingerprint density at radius 1 is 0.800 bits per heavy atom. The van der Waals surface area contributed by atoms with E-state index in [4.69, 9.17) is 4.74 Å². The lowest BCUT2D eigenvalue weighted by Crippen LogP contribution is -2.20. The van der Waals surface area contributed by atoms with Gasteiger partial charge in [0.25, 0.3) is 0 Å². The summed E-state index contributed by atoms with van der Waals surface area (Å²) in [6.07, 6.45) is 3.07. The molecule has 0 spiro atoms. The van der Waals surface area contributed by atoms with Crippen molar-refractivity contribution in [1.82, 2.24) is 0 Å². The minimum atomic E-state index is -4.77. The third kappa shape index (κ3) is 9.10. The van der Waals surface area contributed by atoms with Crippen molar-refractivity contribution in [1.29, 1.82) is 0 Å². The summed E-state index contributed by atoms with van der Waals surface area (Å²) < 4.78 is 74.4. The summed E-state index contributed by atoms with van der Waals surface area (Å²) in [4.78, 5) is 0. The van der Waals surface area contributed by atoms with Gasteiger partial charge >= 0.3 is 12.5 Å². The van der Waals surface area contributed by atoms with E-state index in [0.29, 0.717) is 11.5 Å². The highest BCUT2D eigenvalue weighted by Crippen LogP contribution is 2.39. The van der Waals surface area contributed by atoms with Gasteiger partial charge in [-0.25, -0.2) is 0 Å². The molecule has 7 heteroatoms. The van der Waals surface area contributed by atoms with Crippen LogP contribution in [0.1, 0.15) is 87.3 Å². The summed E-state index contributed by atoms with van der Waals surface area (Å²) in [5.41, 5.74) is 1.49. The van der Waals surface area contributed by atoms with E-state index in [1.54, 1.807) is 12.1 Å². The Balaban J connectivity index is 1.43. The number of unbranched alkanes of at least 4 members (excludes halogenated alkanes) is 3. The van der Waals surface area contributed by atoms with Crippen LogP contribution in [0.15, 0.2) is 48.5 Å². The van der Waals surface area contributed by atoms with Crippen LogP contribution in [-0.4, -0.2) is 13.0 Å². The van der Waals surface area contributed by atoms with Gasteiger partial charge in [-0.05, 0) is 67.2 Å². The first kappa shape index (κ1) is 27.4. The van der Waals surface area contributed by atoms with E-state index in [0.717, 1.165) is 36.5 Å². The van der Waals surface area contributed by atoms with Gasteiger partial charge in [0.05, 0.1) is 12.2 Å². The standard InChI is InChI=1S/C28H35F5O2/c1-2-3-4-5-6-21-7-11-23(12-8-21)24-13-15-25(16-14-24)27(29,30)34-20-19-22-9-17-26(18-10-22)35-28(31,32)33/h9-10,13-18,21,23H,2-8,11-12,19-20H2,1H3. The Morgan fingerprint density at radius 2 is 1.46 bits per heavy atom. The molecule has 0 heterocycles. The fourth-order valence-electron chi connectivity index (χ4n) is 4.83. The Labute approximate surface area is 204 Å². The minimum absolute atomic E-state index is 0.141. The normalized spacial score (nSPS) is 19.0. The Morgan fingerprint density at radius 3 is 2.06 bits per heavy atom. The average Bonchev–Trinajstić information content (AvgIpc) is 2.82. The number of benzene rings is 2. The molecule has 2 aromatic carbocycles. The maximum Gasteiger partial charge on any atom is 0.573 e. The van der Waals surface area contributed by atoms with Crippen LogP contribution in [0.2, 0.25) is 0 Å². The smallest absolute Gasteiger partial charge is 0.406 e. The summed E-state index contributed by atoms with van der Waals surface area (Å²) in [7, 11) is 0. The second kappa shape index (κ2) is 12.7. The summed E-state index contributed by atoms with van der Waals surface area (Å²) >= 11 is 0. The largest absolute Gasteiger partial charge is 0.573 e. The highest BCUT2D eigenvalue weighted by atomic mass is 19.4. The zero-order valence-corrected chi connectivity index (χ0v) is 20.3. The van der Waals surface area contributed by atoms with Crippen molar-refractivity contribution in [2.45, 2.75) is 89.5 Å². The van der Waals surface area contributed by atoms with Gasteiger partial charge in [0, 0.05) is 0 Å². The SMILES string of the molecule is CCCCCCC1CCC(c2ccc(C(F)(F)OCCc3ccc(OC(F)(F)F)cc3)cc2)CC1. The molecule has 0 aliphatic heterocycles. The van der Waals surface area contributed by atoms with Gasteiger partial charge in [-0.1, -0.05) is 75.4 Å².